The molecule has 4 nitrogen and oxygen atoms in total. The van der Waals surface area contributed by atoms with Crippen LogP contribution in [-0.4, -0.2) is 30.4 Å². The molecule has 1 N–H and O–H groups in total. The van der Waals surface area contributed by atoms with Crippen LogP contribution >= 0.6 is 11.6 Å². The highest BCUT2D eigenvalue weighted by Crippen LogP contribution is 2.15. The van der Waals surface area contributed by atoms with Gasteiger partial charge >= 0.3 is 6.36 Å². The van der Waals surface area contributed by atoms with Crippen molar-refractivity contribution >= 4 is 17.5 Å². The number of rotatable bonds is 4. The molecule has 1 heterocycles. The van der Waals surface area contributed by atoms with Gasteiger partial charge in [-0.1, -0.05) is 11.6 Å². The van der Waals surface area contributed by atoms with E-state index in [1.165, 1.54) is 18.3 Å². The first kappa shape index (κ1) is 13.7. The number of pyridine rings is 1. The lowest BCUT2D eigenvalue weighted by atomic mass is 10.3. The van der Waals surface area contributed by atoms with Gasteiger partial charge in [-0.05, 0) is 12.1 Å². The summed E-state index contributed by atoms with van der Waals surface area (Å²) in [5, 5.41) is 2.47. The maximum Gasteiger partial charge on any atom is 0.522 e. The van der Waals surface area contributed by atoms with Crippen LogP contribution in [0.1, 0.15) is 10.4 Å². The molecule has 0 aliphatic carbocycles. The number of carbonyl (C=O) groups is 1. The van der Waals surface area contributed by atoms with E-state index in [-0.39, 0.29) is 17.3 Å². The normalized spacial score (nSPS) is 11.3. The SMILES string of the molecule is O=C(NCCOC(F)(F)F)c1ccc(Cl)nc1. The van der Waals surface area contributed by atoms with Crippen LogP contribution in [0.4, 0.5) is 13.2 Å². The van der Waals surface area contributed by atoms with Crippen molar-refractivity contribution in [3.63, 3.8) is 0 Å². The van der Waals surface area contributed by atoms with Crippen LogP contribution in [0.2, 0.25) is 5.15 Å². The number of amides is 1. The average Bonchev–Trinajstić information content (AvgIpc) is 2.24. The molecule has 17 heavy (non-hydrogen) atoms. The second-order valence-corrected chi connectivity index (χ2v) is 3.31. The minimum Gasteiger partial charge on any atom is -0.350 e. The van der Waals surface area contributed by atoms with Crippen LogP contribution in [-0.2, 0) is 4.74 Å². The van der Waals surface area contributed by atoms with Gasteiger partial charge in [0.2, 0.25) is 0 Å². The van der Waals surface area contributed by atoms with Crippen LogP contribution in [0.15, 0.2) is 18.3 Å². The highest BCUT2D eigenvalue weighted by atomic mass is 35.5. The molecule has 1 rings (SSSR count). The fourth-order valence-electron chi connectivity index (χ4n) is 0.944. The summed E-state index contributed by atoms with van der Waals surface area (Å²) in [5.74, 6) is -0.542. The van der Waals surface area contributed by atoms with Crippen LogP contribution in [0, 0.1) is 0 Å². The molecule has 94 valence electrons. The first-order chi connectivity index (χ1) is 7.88. The molecule has 0 aromatic carbocycles. The van der Waals surface area contributed by atoms with Gasteiger partial charge in [0.15, 0.2) is 0 Å². The number of hydrogen-bond donors (Lipinski definition) is 1. The van der Waals surface area contributed by atoms with Crippen molar-refractivity contribution in [2.24, 2.45) is 0 Å². The molecule has 1 amide bonds. The van der Waals surface area contributed by atoms with Crippen molar-refractivity contribution in [1.29, 1.82) is 0 Å². The van der Waals surface area contributed by atoms with E-state index in [9.17, 15) is 18.0 Å². The zero-order chi connectivity index (χ0) is 12.9. The number of alkyl halides is 3. The Labute approximate surface area is 99.7 Å². The van der Waals surface area contributed by atoms with E-state index in [4.69, 9.17) is 11.6 Å². The predicted molar refractivity (Wildman–Crippen MR) is 53.6 cm³/mol. The third kappa shape index (κ3) is 5.50. The van der Waals surface area contributed by atoms with Crippen LogP contribution in [0.25, 0.3) is 0 Å². The van der Waals surface area contributed by atoms with Gasteiger partial charge in [-0.25, -0.2) is 4.98 Å². The quantitative estimate of drug-likeness (QED) is 0.671. The van der Waals surface area contributed by atoms with Gasteiger partial charge in [-0.15, -0.1) is 13.2 Å². The van der Waals surface area contributed by atoms with Crippen LogP contribution in [0.3, 0.4) is 0 Å². The van der Waals surface area contributed by atoms with E-state index in [2.05, 4.69) is 15.0 Å². The molecule has 1 aromatic heterocycles. The lowest BCUT2D eigenvalue weighted by Crippen LogP contribution is -2.29. The summed E-state index contributed by atoms with van der Waals surface area (Å²) in [6.07, 6.45) is -3.46. The van der Waals surface area contributed by atoms with Crippen molar-refractivity contribution in [2.45, 2.75) is 6.36 Å². The fourth-order valence-corrected chi connectivity index (χ4v) is 1.06. The largest absolute Gasteiger partial charge is 0.522 e. The third-order valence-corrected chi connectivity index (χ3v) is 1.87. The Morgan fingerprint density at radius 1 is 1.47 bits per heavy atom. The summed E-state index contributed by atoms with van der Waals surface area (Å²) in [6.45, 7) is -0.892. The molecule has 0 bridgehead atoms. The molecule has 0 aliphatic heterocycles. The number of ether oxygens (including phenoxy) is 1. The Kier molecular flexibility index (Phi) is 4.71. The lowest BCUT2D eigenvalue weighted by Gasteiger charge is -2.08. The Morgan fingerprint density at radius 3 is 2.71 bits per heavy atom. The molecule has 0 atom stereocenters. The summed E-state index contributed by atoms with van der Waals surface area (Å²) in [6, 6.07) is 2.82. The number of nitrogens with zero attached hydrogens (tertiary/aromatic N) is 1. The number of carbonyl (C=O) groups excluding carboxylic acids is 1. The summed E-state index contributed by atoms with van der Waals surface area (Å²) in [4.78, 5) is 15.0. The van der Waals surface area contributed by atoms with Crippen molar-refractivity contribution in [3.05, 3.63) is 29.0 Å². The molecular formula is C9H8ClF3N2O2. The summed E-state index contributed by atoms with van der Waals surface area (Å²) in [5.41, 5.74) is 0.210. The van der Waals surface area contributed by atoms with Crippen molar-refractivity contribution in [2.75, 3.05) is 13.2 Å². The first-order valence-corrected chi connectivity index (χ1v) is 4.87. The average molecular weight is 269 g/mol. The standard InChI is InChI=1S/C9H8ClF3N2O2/c10-7-2-1-6(5-15-7)8(16)14-3-4-17-9(11,12)13/h1-2,5H,3-4H2,(H,14,16). The highest BCUT2D eigenvalue weighted by Gasteiger charge is 2.28. The van der Waals surface area contributed by atoms with Gasteiger partial charge in [-0.3, -0.25) is 9.53 Å². The van der Waals surface area contributed by atoms with Gasteiger partial charge < -0.3 is 5.32 Å². The van der Waals surface area contributed by atoms with E-state index in [1.807, 2.05) is 0 Å². The molecule has 0 fully saturated rings. The van der Waals surface area contributed by atoms with Gasteiger partial charge in [0.25, 0.3) is 5.91 Å². The van der Waals surface area contributed by atoms with Gasteiger partial charge in [0, 0.05) is 12.7 Å². The molecule has 0 unspecified atom stereocenters. The van der Waals surface area contributed by atoms with Gasteiger partial charge in [-0.2, -0.15) is 0 Å². The Balaban J connectivity index is 2.33. The molecular weight excluding hydrogens is 261 g/mol. The second-order valence-electron chi connectivity index (χ2n) is 2.92. The fraction of sp³-hybridized carbons (Fsp3) is 0.333. The van der Waals surface area contributed by atoms with Crippen molar-refractivity contribution in [1.82, 2.24) is 10.3 Å². The first-order valence-electron chi connectivity index (χ1n) is 4.49. The van der Waals surface area contributed by atoms with E-state index < -0.39 is 18.9 Å². The maximum atomic E-state index is 11.6. The minimum absolute atomic E-state index is 0.210. The smallest absolute Gasteiger partial charge is 0.350 e. The molecule has 0 spiro atoms. The molecule has 0 radical (unpaired) electrons. The van der Waals surface area contributed by atoms with Gasteiger partial charge in [0.05, 0.1) is 12.2 Å². The monoisotopic (exact) mass is 268 g/mol. The highest BCUT2D eigenvalue weighted by molar-refractivity contribution is 6.29. The summed E-state index contributed by atoms with van der Waals surface area (Å²) in [7, 11) is 0. The minimum atomic E-state index is -4.69. The number of halogens is 4. The Hall–Kier alpha value is -1.34. The topological polar surface area (TPSA) is 51.2 Å². The van der Waals surface area contributed by atoms with E-state index >= 15 is 0 Å². The van der Waals surface area contributed by atoms with Crippen LogP contribution in [0.5, 0.6) is 0 Å². The Bertz CT molecular complexity index is 381. The van der Waals surface area contributed by atoms with E-state index in [1.54, 1.807) is 0 Å². The zero-order valence-corrected chi connectivity index (χ0v) is 9.18. The number of nitrogens with one attached hydrogen (secondary N) is 1. The number of aromatic nitrogens is 1. The second kappa shape index (κ2) is 5.83. The molecule has 1 aromatic rings. The molecule has 0 saturated heterocycles. The molecule has 8 heteroatoms. The lowest BCUT2D eigenvalue weighted by molar-refractivity contribution is -0.323. The summed E-state index contributed by atoms with van der Waals surface area (Å²) >= 11 is 5.51. The summed E-state index contributed by atoms with van der Waals surface area (Å²) < 4.78 is 38.2. The van der Waals surface area contributed by atoms with E-state index in [0.29, 0.717) is 0 Å². The Morgan fingerprint density at radius 2 is 2.18 bits per heavy atom. The number of hydrogen-bond acceptors (Lipinski definition) is 3. The molecule has 0 aliphatic rings. The van der Waals surface area contributed by atoms with Crippen molar-refractivity contribution < 1.29 is 22.7 Å². The van der Waals surface area contributed by atoms with Gasteiger partial charge in [0.1, 0.15) is 5.15 Å². The molecule has 0 saturated carbocycles. The predicted octanol–water partition coefficient (Wildman–Crippen LogP) is 2.00. The van der Waals surface area contributed by atoms with Crippen LogP contribution < -0.4 is 5.32 Å². The zero-order valence-electron chi connectivity index (χ0n) is 8.42. The van der Waals surface area contributed by atoms with E-state index in [0.717, 1.165) is 0 Å². The third-order valence-electron chi connectivity index (χ3n) is 1.64. The maximum absolute atomic E-state index is 11.6. The van der Waals surface area contributed by atoms with Crippen molar-refractivity contribution in [3.8, 4) is 0 Å².